The van der Waals surface area contributed by atoms with Gasteiger partial charge in [-0.15, -0.1) is 0 Å². The minimum atomic E-state index is -4.79. The summed E-state index contributed by atoms with van der Waals surface area (Å²) < 4.78 is 96.2. The zero-order valence-corrected chi connectivity index (χ0v) is 24.4. The Hall–Kier alpha value is -3.55. The molecule has 44 heavy (non-hydrogen) atoms. The Bertz CT molecular complexity index is 1350. The van der Waals surface area contributed by atoms with Gasteiger partial charge in [-0.25, -0.2) is 17.6 Å². The summed E-state index contributed by atoms with van der Waals surface area (Å²) in [6, 6.07) is 7.25. The van der Waals surface area contributed by atoms with E-state index in [4.69, 9.17) is 16.3 Å². The van der Waals surface area contributed by atoms with Crippen molar-refractivity contribution in [2.24, 2.45) is 11.3 Å². The number of benzene rings is 2. The summed E-state index contributed by atoms with van der Waals surface area (Å²) in [4.78, 5) is 38.3. The van der Waals surface area contributed by atoms with E-state index in [9.17, 15) is 45.1 Å². The fraction of sp³-hybridized carbons (Fsp3) is 0.483. The van der Waals surface area contributed by atoms with Gasteiger partial charge in [0.1, 0.15) is 17.8 Å². The van der Waals surface area contributed by atoms with Crippen molar-refractivity contribution < 1.29 is 49.9 Å². The highest BCUT2D eigenvalue weighted by Crippen LogP contribution is 2.37. The zero-order chi connectivity index (χ0) is 32.8. The molecule has 0 heterocycles. The van der Waals surface area contributed by atoms with E-state index in [1.54, 1.807) is 0 Å². The maximum absolute atomic E-state index is 13.2. The molecule has 3 N–H and O–H groups in total. The topological polar surface area (TPSA) is 96.5 Å². The van der Waals surface area contributed by atoms with Crippen LogP contribution in [0.15, 0.2) is 36.4 Å². The van der Waals surface area contributed by atoms with E-state index in [0.29, 0.717) is 12.8 Å². The first kappa shape index (κ1) is 34.9. The highest BCUT2D eigenvalue weighted by Gasteiger charge is 2.52. The van der Waals surface area contributed by atoms with Crippen molar-refractivity contribution >= 4 is 35.0 Å². The van der Waals surface area contributed by atoms with Crippen LogP contribution >= 0.6 is 11.6 Å². The molecular formula is C29H31ClF7N3O4. The van der Waals surface area contributed by atoms with Crippen molar-refractivity contribution in [1.82, 2.24) is 10.6 Å². The molecule has 0 atom stereocenters. The molecule has 0 bridgehead atoms. The largest absolute Gasteiger partial charge is 0.487 e. The highest BCUT2D eigenvalue weighted by molar-refractivity contribution is 6.34. The van der Waals surface area contributed by atoms with Crippen LogP contribution in [0.1, 0.15) is 65.8 Å². The Morgan fingerprint density at radius 3 is 2.18 bits per heavy atom. The first-order chi connectivity index (χ1) is 20.5. The van der Waals surface area contributed by atoms with Crippen molar-refractivity contribution in [3.8, 4) is 5.75 Å². The van der Waals surface area contributed by atoms with Crippen LogP contribution < -0.4 is 20.7 Å². The number of nitrogens with one attached hydrogen (secondary N) is 3. The average molecular weight is 654 g/mol. The van der Waals surface area contributed by atoms with Crippen molar-refractivity contribution in [1.29, 1.82) is 0 Å². The molecule has 1 aliphatic carbocycles. The van der Waals surface area contributed by atoms with Crippen LogP contribution in [0.5, 0.6) is 5.75 Å². The highest BCUT2D eigenvalue weighted by atomic mass is 35.5. The number of halogens is 8. The SMILES string of the molecule is CC(C)(C(=O)NCc1ccc(Cl)c(C(=O)Nc2ccc(OCC(F)F)c(C(=O)NC3CCC(C(F)F)CC3)c2)c1)C(F)(F)F. The smallest absolute Gasteiger partial charge is 0.402 e. The summed E-state index contributed by atoms with van der Waals surface area (Å²) >= 11 is 6.17. The molecule has 1 aliphatic rings. The van der Waals surface area contributed by atoms with Crippen molar-refractivity contribution in [3.63, 3.8) is 0 Å². The number of anilines is 1. The third-order valence-corrected chi connectivity index (χ3v) is 7.64. The summed E-state index contributed by atoms with van der Waals surface area (Å²) in [7, 11) is 0. The standard InChI is InChI=1S/C29H31ClF7N3O4/c1-28(2,29(35,36)37)27(43)38-13-15-3-9-21(30)19(11-15)25(41)40-18-8-10-22(44-14-23(31)32)20(12-18)26(42)39-17-6-4-16(5-7-17)24(33)34/h3,8-12,16-17,23-24H,4-7,13-14H2,1-2H3,(H,38,43)(H,39,42)(H,40,41). The lowest BCUT2D eigenvalue weighted by Crippen LogP contribution is -2.46. The lowest BCUT2D eigenvalue weighted by molar-refractivity contribution is -0.211. The van der Waals surface area contributed by atoms with Gasteiger partial charge in [-0.1, -0.05) is 17.7 Å². The van der Waals surface area contributed by atoms with Crippen LogP contribution in [0.3, 0.4) is 0 Å². The first-order valence-corrected chi connectivity index (χ1v) is 14.0. The number of carbonyl (C=O) groups excluding carboxylic acids is 3. The normalized spacial score (nSPS) is 17.4. The minimum absolute atomic E-state index is 0.0255. The van der Waals surface area contributed by atoms with Gasteiger partial charge >= 0.3 is 6.18 Å². The molecule has 0 aromatic heterocycles. The third-order valence-electron chi connectivity index (χ3n) is 7.32. The molecule has 242 valence electrons. The van der Waals surface area contributed by atoms with Crippen LogP contribution in [0.2, 0.25) is 5.02 Å². The second-order valence-corrected chi connectivity index (χ2v) is 11.3. The Morgan fingerprint density at radius 1 is 0.932 bits per heavy atom. The number of carbonyl (C=O) groups is 3. The first-order valence-electron chi connectivity index (χ1n) is 13.6. The van der Waals surface area contributed by atoms with Crippen LogP contribution in [-0.4, -0.2) is 49.4 Å². The molecule has 0 unspecified atom stereocenters. The molecular weight excluding hydrogens is 623 g/mol. The zero-order valence-electron chi connectivity index (χ0n) is 23.7. The van der Waals surface area contributed by atoms with Gasteiger partial charge in [0, 0.05) is 24.2 Å². The van der Waals surface area contributed by atoms with Crippen molar-refractivity contribution in [2.75, 3.05) is 11.9 Å². The van der Waals surface area contributed by atoms with Crippen LogP contribution in [0.25, 0.3) is 0 Å². The number of hydrogen-bond donors (Lipinski definition) is 3. The molecule has 0 aliphatic heterocycles. The second kappa shape index (κ2) is 14.5. The molecule has 1 saturated carbocycles. The lowest BCUT2D eigenvalue weighted by Gasteiger charge is -2.28. The summed E-state index contributed by atoms with van der Waals surface area (Å²) in [6.45, 7) is 0.124. The van der Waals surface area contributed by atoms with Gasteiger partial charge in [0.05, 0.1) is 16.1 Å². The van der Waals surface area contributed by atoms with Gasteiger partial charge in [0.15, 0.2) is 0 Å². The molecule has 0 radical (unpaired) electrons. The van der Waals surface area contributed by atoms with Crippen LogP contribution in [-0.2, 0) is 11.3 Å². The van der Waals surface area contributed by atoms with E-state index in [-0.39, 0.29) is 52.5 Å². The quantitative estimate of drug-likeness (QED) is 0.228. The molecule has 0 spiro atoms. The van der Waals surface area contributed by atoms with E-state index < -0.39 is 60.7 Å². The van der Waals surface area contributed by atoms with Crippen LogP contribution in [0.4, 0.5) is 36.4 Å². The Balaban J connectivity index is 1.76. The van der Waals surface area contributed by atoms with Crippen molar-refractivity contribution in [2.45, 2.75) is 71.1 Å². The molecule has 15 heteroatoms. The lowest BCUT2D eigenvalue weighted by atomic mass is 9.86. The predicted octanol–water partition coefficient (Wildman–Crippen LogP) is 6.99. The number of alkyl halides is 7. The Morgan fingerprint density at radius 2 is 1.59 bits per heavy atom. The van der Waals surface area contributed by atoms with E-state index in [2.05, 4.69) is 16.0 Å². The number of amides is 3. The maximum atomic E-state index is 13.2. The van der Waals surface area contributed by atoms with E-state index in [0.717, 1.165) is 13.8 Å². The van der Waals surface area contributed by atoms with Gasteiger partial charge in [-0.2, -0.15) is 13.2 Å². The van der Waals surface area contributed by atoms with Crippen molar-refractivity contribution in [3.05, 3.63) is 58.1 Å². The van der Waals surface area contributed by atoms with E-state index in [1.165, 1.54) is 36.4 Å². The summed E-state index contributed by atoms with van der Waals surface area (Å²) in [6.07, 6.45) is -9.08. The van der Waals surface area contributed by atoms with E-state index in [1.807, 2.05) is 0 Å². The average Bonchev–Trinajstić information content (AvgIpc) is 2.95. The summed E-state index contributed by atoms with van der Waals surface area (Å²) in [5, 5.41) is 7.38. The number of ether oxygens (including phenoxy) is 1. The number of rotatable bonds is 11. The molecule has 2 aromatic carbocycles. The predicted molar refractivity (Wildman–Crippen MR) is 148 cm³/mol. The molecule has 0 saturated heterocycles. The second-order valence-electron chi connectivity index (χ2n) is 10.9. The van der Waals surface area contributed by atoms with E-state index >= 15 is 0 Å². The molecule has 3 rings (SSSR count). The fourth-order valence-electron chi connectivity index (χ4n) is 4.43. The fourth-order valence-corrected chi connectivity index (χ4v) is 4.63. The monoisotopic (exact) mass is 653 g/mol. The molecule has 3 amide bonds. The number of hydrogen-bond acceptors (Lipinski definition) is 4. The molecule has 1 fully saturated rings. The molecule has 2 aromatic rings. The third kappa shape index (κ3) is 8.99. The maximum Gasteiger partial charge on any atom is 0.402 e. The van der Waals surface area contributed by atoms with Gasteiger partial charge in [0.25, 0.3) is 18.2 Å². The minimum Gasteiger partial charge on any atom is -0.487 e. The van der Waals surface area contributed by atoms with Crippen LogP contribution in [0, 0.1) is 11.3 Å². The summed E-state index contributed by atoms with van der Waals surface area (Å²) in [5.74, 6) is -3.73. The van der Waals surface area contributed by atoms with Gasteiger partial charge in [-0.3, -0.25) is 14.4 Å². The van der Waals surface area contributed by atoms with Gasteiger partial charge < -0.3 is 20.7 Å². The Kier molecular flexibility index (Phi) is 11.5. The molecule has 7 nitrogen and oxygen atoms in total. The summed E-state index contributed by atoms with van der Waals surface area (Å²) in [5.41, 5.74) is -2.63. The Labute approximate surface area is 253 Å². The van der Waals surface area contributed by atoms with Gasteiger partial charge in [-0.05, 0) is 75.4 Å². The van der Waals surface area contributed by atoms with Gasteiger partial charge in [0.2, 0.25) is 12.3 Å².